The van der Waals surface area contributed by atoms with Gasteiger partial charge in [0, 0.05) is 47.7 Å². The number of fused-ring (bicyclic) bond motifs is 2. The van der Waals surface area contributed by atoms with E-state index in [9.17, 15) is 0 Å². The van der Waals surface area contributed by atoms with Crippen molar-refractivity contribution in [2.24, 2.45) is 0 Å². The Morgan fingerprint density at radius 1 is 0.968 bits per heavy atom. The number of nitrogens with zero attached hydrogens (tertiary/aromatic N) is 5. The second-order valence-electron chi connectivity index (χ2n) is 7.83. The molecule has 31 heavy (non-hydrogen) atoms. The second-order valence-corrected chi connectivity index (χ2v) is 7.83. The van der Waals surface area contributed by atoms with Gasteiger partial charge >= 0.3 is 0 Å². The van der Waals surface area contributed by atoms with E-state index in [0.29, 0.717) is 0 Å². The highest BCUT2D eigenvalue weighted by Crippen LogP contribution is 2.31. The van der Waals surface area contributed by atoms with Crippen LogP contribution in [0.1, 0.15) is 11.5 Å². The Morgan fingerprint density at radius 3 is 2.81 bits per heavy atom. The van der Waals surface area contributed by atoms with Gasteiger partial charge in [-0.1, -0.05) is 12.1 Å². The van der Waals surface area contributed by atoms with Gasteiger partial charge in [0.05, 0.1) is 41.2 Å². The molecule has 5 heterocycles. The molecule has 7 heteroatoms. The molecule has 0 amide bonds. The van der Waals surface area contributed by atoms with Gasteiger partial charge < -0.3 is 14.9 Å². The van der Waals surface area contributed by atoms with E-state index < -0.39 is 0 Å². The fourth-order valence-electron chi connectivity index (χ4n) is 4.14. The normalized spacial score (nSPS) is 13.5. The minimum atomic E-state index is 0.806. The molecule has 0 aliphatic carbocycles. The molecular formula is C24H21N7. The molecule has 0 unspecified atom stereocenters. The Balaban J connectivity index is 1.42. The van der Waals surface area contributed by atoms with Crippen molar-refractivity contribution < 1.29 is 0 Å². The van der Waals surface area contributed by atoms with E-state index in [-0.39, 0.29) is 0 Å². The fraction of sp³-hybridized carbons (Fsp3) is 0.167. The van der Waals surface area contributed by atoms with E-state index in [1.165, 1.54) is 0 Å². The van der Waals surface area contributed by atoms with Gasteiger partial charge in [-0.05, 0) is 37.3 Å². The number of hydrogen-bond donors (Lipinski definition) is 2. The summed E-state index contributed by atoms with van der Waals surface area (Å²) in [5.41, 5.74) is 7.62. The summed E-state index contributed by atoms with van der Waals surface area (Å²) in [5, 5.41) is 4.43. The van der Waals surface area contributed by atoms with Gasteiger partial charge in [0.2, 0.25) is 0 Å². The quantitative estimate of drug-likeness (QED) is 0.473. The van der Waals surface area contributed by atoms with Crippen LogP contribution in [0.3, 0.4) is 0 Å². The number of hydrogen-bond acceptors (Lipinski definition) is 5. The van der Waals surface area contributed by atoms with Crippen LogP contribution in [-0.2, 0) is 13.1 Å². The average molecular weight is 407 g/mol. The van der Waals surface area contributed by atoms with Crippen LogP contribution in [0.4, 0.5) is 0 Å². The van der Waals surface area contributed by atoms with Crippen LogP contribution in [0.2, 0.25) is 0 Å². The molecule has 0 saturated carbocycles. The van der Waals surface area contributed by atoms with Gasteiger partial charge in [-0.25, -0.2) is 9.97 Å². The van der Waals surface area contributed by atoms with Crippen LogP contribution in [0.25, 0.3) is 44.8 Å². The number of nitrogens with one attached hydrogen (secondary N) is 2. The highest BCUT2D eigenvalue weighted by Gasteiger charge is 2.15. The lowest BCUT2D eigenvalue weighted by atomic mass is 10.0. The molecule has 0 atom stereocenters. The third-order valence-corrected chi connectivity index (χ3v) is 5.71. The number of pyridine rings is 2. The molecule has 0 radical (unpaired) electrons. The van der Waals surface area contributed by atoms with Crippen molar-refractivity contribution in [2.45, 2.75) is 20.0 Å². The number of aromatic amines is 1. The summed E-state index contributed by atoms with van der Waals surface area (Å²) < 4.78 is 2.22. The molecule has 2 N–H and O–H groups in total. The van der Waals surface area contributed by atoms with Crippen molar-refractivity contribution in [1.82, 2.24) is 34.8 Å². The van der Waals surface area contributed by atoms with Crippen molar-refractivity contribution in [3.63, 3.8) is 0 Å². The maximum atomic E-state index is 4.80. The molecule has 0 spiro atoms. The Morgan fingerprint density at radius 2 is 1.90 bits per heavy atom. The zero-order valence-electron chi connectivity index (χ0n) is 17.1. The summed E-state index contributed by atoms with van der Waals surface area (Å²) >= 11 is 0. The monoisotopic (exact) mass is 407 g/mol. The van der Waals surface area contributed by atoms with Crippen LogP contribution in [-0.4, -0.2) is 36.0 Å². The van der Waals surface area contributed by atoms with Crippen LogP contribution < -0.4 is 5.32 Å². The molecule has 4 aromatic heterocycles. The number of aromatic nitrogens is 6. The minimum Gasteiger partial charge on any atom is -0.343 e. The maximum absolute atomic E-state index is 4.80. The number of aryl methyl sites for hydroxylation is 1. The van der Waals surface area contributed by atoms with Gasteiger partial charge in [0.1, 0.15) is 5.82 Å². The van der Waals surface area contributed by atoms with Crippen LogP contribution in [0.5, 0.6) is 0 Å². The van der Waals surface area contributed by atoms with Crippen molar-refractivity contribution in [2.75, 3.05) is 6.54 Å². The Bertz CT molecular complexity index is 1390. The van der Waals surface area contributed by atoms with Crippen molar-refractivity contribution >= 4 is 10.9 Å². The Labute approximate surface area is 179 Å². The average Bonchev–Trinajstić information content (AvgIpc) is 3.46. The van der Waals surface area contributed by atoms with Crippen LogP contribution >= 0.6 is 0 Å². The first-order valence-corrected chi connectivity index (χ1v) is 10.4. The van der Waals surface area contributed by atoms with E-state index in [1.807, 2.05) is 37.4 Å². The first-order valence-electron chi connectivity index (χ1n) is 10.4. The smallest absolute Gasteiger partial charge is 0.123 e. The molecule has 1 aliphatic rings. The lowest BCUT2D eigenvalue weighted by Crippen LogP contribution is -2.27. The number of H-pyrrole nitrogens is 1. The fourth-order valence-corrected chi connectivity index (χ4v) is 4.14. The summed E-state index contributed by atoms with van der Waals surface area (Å²) in [4.78, 5) is 22.0. The maximum Gasteiger partial charge on any atom is 0.123 e. The Hall–Kier alpha value is -3.84. The molecule has 152 valence electrons. The topological polar surface area (TPSA) is 84.3 Å². The number of benzene rings is 1. The largest absolute Gasteiger partial charge is 0.343 e. The lowest BCUT2D eigenvalue weighted by Gasteiger charge is -2.13. The van der Waals surface area contributed by atoms with E-state index in [0.717, 1.165) is 76.0 Å². The zero-order chi connectivity index (χ0) is 20.8. The van der Waals surface area contributed by atoms with Gasteiger partial charge in [0.25, 0.3) is 0 Å². The second kappa shape index (κ2) is 7.14. The highest BCUT2D eigenvalue weighted by molar-refractivity contribution is 5.89. The Kier molecular flexibility index (Phi) is 4.14. The first kappa shape index (κ1) is 18.0. The van der Waals surface area contributed by atoms with Crippen molar-refractivity contribution in [3.05, 3.63) is 72.7 Å². The lowest BCUT2D eigenvalue weighted by molar-refractivity contribution is 0.505. The molecule has 1 aromatic carbocycles. The van der Waals surface area contributed by atoms with E-state index in [4.69, 9.17) is 4.98 Å². The molecule has 0 saturated heterocycles. The summed E-state index contributed by atoms with van der Waals surface area (Å²) in [6.45, 7) is 4.72. The van der Waals surface area contributed by atoms with Crippen molar-refractivity contribution in [1.29, 1.82) is 0 Å². The first-order chi connectivity index (χ1) is 15.2. The summed E-state index contributed by atoms with van der Waals surface area (Å²) in [7, 11) is 0. The molecule has 5 aromatic rings. The van der Waals surface area contributed by atoms with Crippen LogP contribution in [0.15, 0.2) is 61.2 Å². The molecule has 6 rings (SSSR count). The van der Waals surface area contributed by atoms with E-state index in [1.54, 1.807) is 6.33 Å². The molecule has 0 bridgehead atoms. The third-order valence-electron chi connectivity index (χ3n) is 5.71. The van der Waals surface area contributed by atoms with E-state index >= 15 is 0 Å². The number of rotatable bonds is 3. The predicted molar refractivity (Wildman–Crippen MR) is 120 cm³/mol. The summed E-state index contributed by atoms with van der Waals surface area (Å²) in [5.74, 6) is 1.07. The molecule has 0 fully saturated rings. The summed E-state index contributed by atoms with van der Waals surface area (Å²) in [6.07, 6.45) is 5.75. The highest BCUT2D eigenvalue weighted by atomic mass is 15.1. The van der Waals surface area contributed by atoms with Gasteiger partial charge in [-0.2, -0.15) is 0 Å². The summed E-state index contributed by atoms with van der Waals surface area (Å²) in [6, 6.07) is 14.4. The SMILES string of the molecule is Cc1cccc(-c2[nH]cnc2-c2ccc3ncc(-c4cn5c(n4)CNCC5)cc3c2)n1. The predicted octanol–water partition coefficient (Wildman–Crippen LogP) is 3.96. The minimum absolute atomic E-state index is 0.806. The molecular weight excluding hydrogens is 386 g/mol. The van der Waals surface area contributed by atoms with E-state index in [2.05, 4.69) is 54.2 Å². The molecule has 1 aliphatic heterocycles. The standard InChI is InChI=1S/C24H21N7/c1-15-3-2-4-20(29-15)24-23(27-14-28-24)16-5-6-19-17(9-16)10-18(11-26-19)21-13-31-8-7-25-12-22(31)30-21/h2-6,9-11,13-14,25H,7-8,12H2,1H3,(H,27,28). The van der Waals surface area contributed by atoms with Gasteiger partial charge in [0.15, 0.2) is 0 Å². The third kappa shape index (κ3) is 3.19. The van der Waals surface area contributed by atoms with Crippen molar-refractivity contribution in [3.8, 4) is 33.9 Å². The number of imidazole rings is 2. The van der Waals surface area contributed by atoms with Gasteiger partial charge in [-0.15, -0.1) is 0 Å². The molecule has 7 nitrogen and oxygen atoms in total. The van der Waals surface area contributed by atoms with Crippen LogP contribution in [0, 0.1) is 6.92 Å². The zero-order valence-corrected chi connectivity index (χ0v) is 17.1. The van der Waals surface area contributed by atoms with Gasteiger partial charge in [-0.3, -0.25) is 9.97 Å².